The van der Waals surface area contributed by atoms with Crippen molar-refractivity contribution in [1.82, 2.24) is 0 Å². The van der Waals surface area contributed by atoms with Crippen molar-refractivity contribution in [2.45, 2.75) is 53.4 Å². The fourth-order valence-corrected chi connectivity index (χ4v) is 12.2. The van der Waals surface area contributed by atoms with Gasteiger partial charge in [0.1, 0.15) is 22.3 Å². The molecule has 0 N–H and O–H groups in total. The molecule has 0 atom stereocenters. The van der Waals surface area contributed by atoms with Crippen LogP contribution in [0.25, 0.3) is 109 Å². The summed E-state index contributed by atoms with van der Waals surface area (Å²) in [7, 11) is 0. The molecule has 0 aliphatic carbocycles. The van der Waals surface area contributed by atoms with Crippen molar-refractivity contribution in [2.75, 3.05) is 9.80 Å². The lowest BCUT2D eigenvalue weighted by molar-refractivity contribution is 0.634. The lowest BCUT2D eigenvalue weighted by atomic mass is 9.96. The van der Waals surface area contributed by atoms with Crippen LogP contribution in [0, 0.1) is 13.8 Å². The summed E-state index contributed by atoms with van der Waals surface area (Å²) in [6.07, 6.45) is 0. The Hall–Kier alpha value is -9.26. The lowest BCUT2D eigenvalue weighted by Crippen LogP contribution is -2.14. The summed E-state index contributed by atoms with van der Waals surface area (Å²) in [6.45, 7) is 13.4. The normalized spacial score (nSPS) is 12.3. The molecule has 6 nitrogen and oxygen atoms in total. The molecule has 0 unspecified atom stereocenters. The van der Waals surface area contributed by atoms with E-state index in [0.29, 0.717) is 0 Å². The molecule has 0 saturated carbocycles. The number of benzene rings is 11. The van der Waals surface area contributed by atoms with Gasteiger partial charge in [0, 0.05) is 65.8 Å². The molecule has 0 fully saturated rings. The third-order valence-corrected chi connectivity index (χ3v) is 16.0. The molecule has 0 radical (unpaired) electrons. The molecule has 11 aromatic carbocycles. The fourth-order valence-electron chi connectivity index (χ4n) is 12.2. The SMILES string of the molecule is Cc1ccccc1N(c1ccc2cc3c(cc2c1)oc1c3ccc2c3cc4ccc(N(c5ccccc5C)c5c(C(C)C)ccc6c5oc5ccccc56)cc4cc3oc21)c1c(C(C)C)ccc2c1oc1ccccc12. The van der Waals surface area contributed by atoms with Crippen LogP contribution in [0.4, 0.5) is 34.1 Å². The minimum atomic E-state index is 0.239. The molecule has 15 aromatic rings. The molecule has 0 bridgehead atoms. The minimum Gasteiger partial charge on any atom is -0.454 e. The van der Waals surface area contributed by atoms with E-state index in [9.17, 15) is 0 Å². The van der Waals surface area contributed by atoms with Crippen LogP contribution in [0.5, 0.6) is 0 Å². The number of fused-ring (bicyclic) bond motifs is 15. The number of hydrogen-bond donors (Lipinski definition) is 0. The number of para-hydroxylation sites is 4. The van der Waals surface area contributed by atoms with Gasteiger partial charge in [-0.1, -0.05) is 137 Å². The second-order valence-electron chi connectivity index (χ2n) is 21.3. The van der Waals surface area contributed by atoms with E-state index in [0.717, 1.165) is 143 Å². The molecular weight excluding hydrogens is 933 g/mol. The first-order chi connectivity index (χ1) is 37.1. The van der Waals surface area contributed by atoms with Gasteiger partial charge >= 0.3 is 0 Å². The van der Waals surface area contributed by atoms with Gasteiger partial charge in [0.2, 0.25) is 0 Å². The van der Waals surface area contributed by atoms with E-state index in [4.69, 9.17) is 17.7 Å². The molecule has 4 heterocycles. The zero-order valence-corrected chi connectivity index (χ0v) is 43.2. The topological polar surface area (TPSA) is 59.0 Å². The first-order valence-electron chi connectivity index (χ1n) is 26.4. The van der Waals surface area contributed by atoms with Crippen molar-refractivity contribution >= 4 is 143 Å². The molecule has 0 aliphatic rings. The maximum absolute atomic E-state index is 6.94. The number of anilines is 6. The van der Waals surface area contributed by atoms with E-state index < -0.39 is 0 Å². The molecule has 0 spiro atoms. The van der Waals surface area contributed by atoms with Crippen LogP contribution < -0.4 is 9.80 Å². The summed E-state index contributed by atoms with van der Waals surface area (Å²) < 4.78 is 27.5. The highest BCUT2D eigenvalue weighted by molar-refractivity contribution is 6.22. The lowest BCUT2D eigenvalue weighted by Gasteiger charge is -2.30. The van der Waals surface area contributed by atoms with Gasteiger partial charge in [0.15, 0.2) is 22.3 Å². The third kappa shape index (κ3) is 6.59. The van der Waals surface area contributed by atoms with Gasteiger partial charge < -0.3 is 27.5 Å². The second kappa shape index (κ2) is 16.6. The van der Waals surface area contributed by atoms with Crippen molar-refractivity contribution < 1.29 is 17.7 Å². The van der Waals surface area contributed by atoms with E-state index >= 15 is 0 Å². The van der Waals surface area contributed by atoms with Crippen LogP contribution in [0.15, 0.2) is 212 Å². The van der Waals surface area contributed by atoms with Crippen LogP contribution in [-0.4, -0.2) is 0 Å². The standard InChI is InChI=1S/C70H52N2O4/c1-39(2)49-27-29-53-51-17-9-13-21-61(51)73-67(53)65(49)71(59-19-11-7-15-41(59)5)47-25-23-43-35-57-55-31-32-56-58-36-44-24-26-48(34-46(44)38-64(58)76-70(56)69(55)75-63(57)37-45(43)33-47)72(60-20-12-8-16-42(60)6)66-50(40(3)4)28-30-54-52-18-10-14-22-62(52)74-68(54)66/h7-40H,1-6H3. The van der Waals surface area contributed by atoms with E-state index in [-0.39, 0.29) is 11.8 Å². The summed E-state index contributed by atoms with van der Waals surface area (Å²) >= 11 is 0. The average Bonchev–Trinajstić information content (AvgIpc) is 4.31. The Kier molecular flexibility index (Phi) is 9.68. The molecule has 0 aliphatic heterocycles. The van der Waals surface area contributed by atoms with Gasteiger partial charge in [-0.25, -0.2) is 0 Å². The fraction of sp³-hybridized carbons (Fsp3) is 0.114. The Morgan fingerprint density at radius 1 is 0.303 bits per heavy atom. The highest BCUT2D eigenvalue weighted by Gasteiger charge is 2.28. The predicted molar refractivity (Wildman–Crippen MR) is 318 cm³/mol. The zero-order valence-electron chi connectivity index (χ0n) is 43.2. The molecule has 0 amide bonds. The summed E-state index contributed by atoms with van der Waals surface area (Å²) in [5, 5.41) is 13.0. The minimum absolute atomic E-state index is 0.239. The molecule has 0 saturated heterocycles. The van der Waals surface area contributed by atoms with Gasteiger partial charge in [-0.2, -0.15) is 0 Å². The quantitative estimate of drug-likeness (QED) is 0.151. The number of furan rings is 4. The molecule has 76 heavy (non-hydrogen) atoms. The van der Waals surface area contributed by atoms with Gasteiger partial charge in [-0.3, -0.25) is 0 Å². The number of hydrogen-bond acceptors (Lipinski definition) is 6. The molecule has 6 heteroatoms. The van der Waals surface area contributed by atoms with Crippen LogP contribution >= 0.6 is 0 Å². The summed E-state index contributed by atoms with van der Waals surface area (Å²) in [5.41, 5.74) is 17.8. The Morgan fingerprint density at radius 3 is 1.12 bits per heavy atom. The molecule has 4 aromatic heterocycles. The Bertz CT molecular complexity index is 4580. The van der Waals surface area contributed by atoms with Gasteiger partial charge in [0.05, 0.1) is 11.4 Å². The Balaban J connectivity index is 0.878. The van der Waals surface area contributed by atoms with E-state index in [1.165, 1.54) is 22.3 Å². The first-order valence-corrected chi connectivity index (χ1v) is 26.4. The largest absolute Gasteiger partial charge is 0.454 e. The van der Waals surface area contributed by atoms with Crippen molar-refractivity contribution in [1.29, 1.82) is 0 Å². The summed E-state index contributed by atoms with van der Waals surface area (Å²) in [6, 6.07) is 69.7. The number of nitrogens with zero attached hydrogens (tertiary/aromatic N) is 2. The van der Waals surface area contributed by atoms with Crippen molar-refractivity contribution in [3.63, 3.8) is 0 Å². The van der Waals surface area contributed by atoms with Crippen molar-refractivity contribution in [3.8, 4) is 0 Å². The molecule has 366 valence electrons. The summed E-state index contributed by atoms with van der Waals surface area (Å²) in [5.74, 6) is 0.478. The second-order valence-corrected chi connectivity index (χ2v) is 21.3. The number of aryl methyl sites for hydroxylation is 2. The van der Waals surface area contributed by atoms with Gasteiger partial charge in [0.25, 0.3) is 0 Å². The Morgan fingerprint density at radius 2 is 0.684 bits per heavy atom. The predicted octanol–water partition coefficient (Wildman–Crippen LogP) is 21.4. The maximum Gasteiger partial charge on any atom is 0.178 e. The maximum atomic E-state index is 6.94. The van der Waals surface area contributed by atoms with Gasteiger partial charge in [-0.15, -0.1) is 0 Å². The zero-order chi connectivity index (χ0) is 51.1. The monoisotopic (exact) mass is 984 g/mol. The number of rotatable bonds is 8. The first kappa shape index (κ1) is 44.2. The van der Waals surface area contributed by atoms with Crippen molar-refractivity contribution in [3.05, 3.63) is 216 Å². The van der Waals surface area contributed by atoms with E-state index in [2.05, 4.69) is 233 Å². The van der Waals surface area contributed by atoms with Crippen LogP contribution in [-0.2, 0) is 0 Å². The highest BCUT2D eigenvalue weighted by Crippen LogP contribution is 2.50. The average molecular weight is 985 g/mol. The van der Waals surface area contributed by atoms with E-state index in [1.54, 1.807) is 0 Å². The van der Waals surface area contributed by atoms with E-state index in [1.807, 2.05) is 12.1 Å². The van der Waals surface area contributed by atoms with Crippen LogP contribution in [0.1, 0.15) is 61.8 Å². The van der Waals surface area contributed by atoms with Crippen LogP contribution in [0.2, 0.25) is 0 Å². The van der Waals surface area contributed by atoms with Gasteiger partial charge in [-0.05, 0) is 154 Å². The molecular formula is C70H52N2O4. The summed E-state index contributed by atoms with van der Waals surface area (Å²) in [4.78, 5) is 4.79. The molecule has 15 rings (SSSR count). The third-order valence-electron chi connectivity index (χ3n) is 16.0. The smallest absolute Gasteiger partial charge is 0.178 e. The Labute approximate surface area is 438 Å². The van der Waals surface area contributed by atoms with Crippen LogP contribution in [0.3, 0.4) is 0 Å². The van der Waals surface area contributed by atoms with Crippen molar-refractivity contribution in [2.24, 2.45) is 0 Å². The highest BCUT2D eigenvalue weighted by atomic mass is 16.4.